The van der Waals surface area contributed by atoms with Gasteiger partial charge in [-0.2, -0.15) is 0 Å². The fourth-order valence-corrected chi connectivity index (χ4v) is 1.23. The summed E-state index contributed by atoms with van der Waals surface area (Å²) in [5.74, 6) is -0.227. The van der Waals surface area contributed by atoms with E-state index in [1.54, 1.807) is 6.07 Å². The van der Waals surface area contributed by atoms with E-state index in [1.165, 1.54) is 13.2 Å². The van der Waals surface area contributed by atoms with E-state index in [1.807, 2.05) is 0 Å². The molecule has 0 heterocycles. The molecule has 1 rings (SSSR count). The molecule has 0 unspecified atom stereocenters. The lowest BCUT2D eigenvalue weighted by molar-refractivity contribution is 0.299. The van der Waals surface area contributed by atoms with Crippen molar-refractivity contribution in [3.05, 3.63) is 28.5 Å². The molecule has 0 aliphatic heterocycles. The molecule has 0 aliphatic rings. The third-order valence-electron chi connectivity index (χ3n) is 1.68. The molecule has 0 radical (unpaired) electrons. The van der Waals surface area contributed by atoms with Crippen molar-refractivity contribution >= 4 is 11.6 Å². The van der Waals surface area contributed by atoms with Gasteiger partial charge < -0.3 is 9.84 Å². The van der Waals surface area contributed by atoms with Crippen molar-refractivity contribution in [3.8, 4) is 5.75 Å². The molecular formula is C9H10ClFO2. The summed E-state index contributed by atoms with van der Waals surface area (Å²) in [7, 11) is 1.42. The van der Waals surface area contributed by atoms with E-state index in [4.69, 9.17) is 21.4 Å². The van der Waals surface area contributed by atoms with E-state index in [0.717, 1.165) is 0 Å². The molecule has 0 aliphatic carbocycles. The Morgan fingerprint density at radius 1 is 1.54 bits per heavy atom. The summed E-state index contributed by atoms with van der Waals surface area (Å²) < 4.78 is 17.9. The van der Waals surface area contributed by atoms with Crippen LogP contribution in [0.5, 0.6) is 5.75 Å². The number of methoxy groups -OCH3 is 1. The fourth-order valence-electron chi connectivity index (χ4n) is 1.04. The van der Waals surface area contributed by atoms with Gasteiger partial charge in [-0.1, -0.05) is 11.6 Å². The van der Waals surface area contributed by atoms with Crippen molar-refractivity contribution < 1.29 is 14.2 Å². The van der Waals surface area contributed by atoms with Crippen molar-refractivity contribution in [2.75, 3.05) is 13.7 Å². The zero-order valence-electron chi connectivity index (χ0n) is 7.18. The molecule has 0 saturated heterocycles. The second-order valence-electron chi connectivity index (χ2n) is 2.57. The maximum Gasteiger partial charge on any atom is 0.145 e. The van der Waals surface area contributed by atoms with Gasteiger partial charge >= 0.3 is 0 Å². The predicted molar refractivity (Wildman–Crippen MR) is 48.8 cm³/mol. The lowest BCUT2D eigenvalue weighted by Crippen LogP contribution is -1.95. The molecule has 2 nitrogen and oxygen atoms in total. The first-order valence-electron chi connectivity index (χ1n) is 3.81. The van der Waals surface area contributed by atoms with Gasteiger partial charge in [-0.25, -0.2) is 4.39 Å². The molecule has 1 aromatic rings. The van der Waals surface area contributed by atoms with E-state index in [2.05, 4.69) is 0 Å². The zero-order chi connectivity index (χ0) is 9.84. The average Bonchev–Trinajstić information content (AvgIpc) is 2.11. The van der Waals surface area contributed by atoms with Gasteiger partial charge in [0.05, 0.1) is 7.11 Å². The minimum absolute atomic E-state index is 0.0236. The number of hydrogen-bond acceptors (Lipinski definition) is 2. The van der Waals surface area contributed by atoms with Crippen molar-refractivity contribution in [3.63, 3.8) is 0 Å². The molecule has 1 aromatic carbocycles. The Balaban J connectivity index is 3.06. The minimum Gasteiger partial charge on any atom is -0.495 e. The first kappa shape index (κ1) is 10.3. The SMILES string of the molecule is COc1cc(CCO)cc(F)c1Cl. The maximum absolute atomic E-state index is 13.1. The Morgan fingerprint density at radius 3 is 2.77 bits per heavy atom. The van der Waals surface area contributed by atoms with Gasteiger partial charge in [0.2, 0.25) is 0 Å². The lowest BCUT2D eigenvalue weighted by Gasteiger charge is -2.06. The van der Waals surface area contributed by atoms with Crippen LogP contribution in [0.3, 0.4) is 0 Å². The van der Waals surface area contributed by atoms with Crippen LogP contribution in [0.1, 0.15) is 5.56 Å². The highest BCUT2D eigenvalue weighted by atomic mass is 35.5. The lowest BCUT2D eigenvalue weighted by atomic mass is 10.1. The monoisotopic (exact) mass is 204 g/mol. The largest absolute Gasteiger partial charge is 0.495 e. The van der Waals surface area contributed by atoms with Gasteiger partial charge in [0.15, 0.2) is 0 Å². The number of ether oxygens (including phenoxy) is 1. The van der Waals surface area contributed by atoms with Crippen LogP contribution in [-0.2, 0) is 6.42 Å². The molecule has 13 heavy (non-hydrogen) atoms. The highest BCUT2D eigenvalue weighted by molar-refractivity contribution is 6.32. The van der Waals surface area contributed by atoms with E-state index in [0.29, 0.717) is 17.7 Å². The molecule has 1 N–H and O–H groups in total. The van der Waals surface area contributed by atoms with Crippen LogP contribution in [0.25, 0.3) is 0 Å². The van der Waals surface area contributed by atoms with Gasteiger partial charge in [0.1, 0.15) is 16.6 Å². The minimum atomic E-state index is -0.524. The second-order valence-corrected chi connectivity index (χ2v) is 2.95. The molecule has 0 amide bonds. The predicted octanol–water partition coefficient (Wildman–Crippen LogP) is 2.02. The van der Waals surface area contributed by atoms with Crippen LogP contribution >= 0.6 is 11.6 Å². The van der Waals surface area contributed by atoms with Gasteiger partial charge in [0, 0.05) is 6.61 Å². The Morgan fingerprint density at radius 2 is 2.23 bits per heavy atom. The summed E-state index contributed by atoms with van der Waals surface area (Å²) in [4.78, 5) is 0. The zero-order valence-corrected chi connectivity index (χ0v) is 7.94. The van der Waals surface area contributed by atoms with Crippen LogP contribution in [0, 0.1) is 5.82 Å². The van der Waals surface area contributed by atoms with Crippen molar-refractivity contribution in [1.82, 2.24) is 0 Å². The standard InChI is InChI=1S/C9H10ClFO2/c1-13-8-5-6(2-3-12)4-7(11)9(8)10/h4-5,12H,2-3H2,1H3. The number of halogens is 2. The number of rotatable bonds is 3. The van der Waals surface area contributed by atoms with E-state index >= 15 is 0 Å². The molecule has 0 atom stereocenters. The van der Waals surface area contributed by atoms with Gasteiger partial charge in [0.25, 0.3) is 0 Å². The van der Waals surface area contributed by atoms with Gasteiger partial charge in [-0.15, -0.1) is 0 Å². The van der Waals surface area contributed by atoms with Crippen LogP contribution in [0.2, 0.25) is 5.02 Å². The number of aliphatic hydroxyl groups is 1. The highest BCUT2D eigenvalue weighted by Gasteiger charge is 2.08. The van der Waals surface area contributed by atoms with E-state index < -0.39 is 5.82 Å². The highest BCUT2D eigenvalue weighted by Crippen LogP contribution is 2.28. The van der Waals surface area contributed by atoms with Crippen molar-refractivity contribution in [1.29, 1.82) is 0 Å². The van der Waals surface area contributed by atoms with Crippen LogP contribution in [0.15, 0.2) is 12.1 Å². The number of hydrogen-bond donors (Lipinski definition) is 1. The topological polar surface area (TPSA) is 29.5 Å². The molecule has 72 valence electrons. The van der Waals surface area contributed by atoms with Crippen molar-refractivity contribution in [2.45, 2.75) is 6.42 Å². The summed E-state index contributed by atoms with van der Waals surface area (Å²) in [5.41, 5.74) is 0.668. The smallest absolute Gasteiger partial charge is 0.145 e. The Bertz CT molecular complexity index is 302. The molecular weight excluding hydrogens is 195 g/mol. The maximum atomic E-state index is 13.1. The normalized spacial score (nSPS) is 10.2. The molecule has 0 saturated carbocycles. The summed E-state index contributed by atoms with van der Waals surface area (Å²) in [6.45, 7) is -0.0236. The van der Waals surface area contributed by atoms with Gasteiger partial charge in [-0.3, -0.25) is 0 Å². The van der Waals surface area contributed by atoms with E-state index in [9.17, 15) is 4.39 Å². The second kappa shape index (κ2) is 4.44. The summed E-state index contributed by atoms with van der Waals surface area (Å²) in [6, 6.07) is 2.91. The molecule has 0 bridgehead atoms. The van der Waals surface area contributed by atoms with Crippen LogP contribution in [0.4, 0.5) is 4.39 Å². The summed E-state index contributed by atoms with van der Waals surface area (Å²) in [6.07, 6.45) is 0.393. The average molecular weight is 205 g/mol. The van der Waals surface area contributed by atoms with Crippen LogP contribution in [-0.4, -0.2) is 18.8 Å². The summed E-state index contributed by atoms with van der Waals surface area (Å²) >= 11 is 5.60. The molecule has 0 spiro atoms. The molecule has 0 aromatic heterocycles. The third-order valence-corrected chi connectivity index (χ3v) is 2.04. The number of aliphatic hydroxyl groups excluding tert-OH is 1. The Labute approximate surface area is 80.9 Å². The van der Waals surface area contributed by atoms with Gasteiger partial charge in [-0.05, 0) is 24.1 Å². The third kappa shape index (κ3) is 2.32. The first-order chi connectivity index (χ1) is 6.19. The Kier molecular flexibility index (Phi) is 3.51. The van der Waals surface area contributed by atoms with Crippen molar-refractivity contribution in [2.24, 2.45) is 0 Å². The van der Waals surface area contributed by atoms with E-state index in [-0.39, 0.29) is 11.6 Å². The molecule has 0 fully saturated rings. The van der Waals surface area contributed by atoms with Crippen LogP contribution < -0.4 is 4.74 Å². The Hall–Kier alpha value is -0.800. The fraction of sp³-hybridized carbons (Fsp3) is 0.333. The first-order valence-corrected chi connectivity index (χ1v) is 4.19. The number of benzene rings is 1. The summed E-state index contributed by atoms with van der Waals surface area (Å²) in [5, 5.41) is 8.62. The molecule has 4 heteroatoms. The quantitative estimate of drug-likeness (QED) is 0.817.